The highest BCUT2D eigenvalue weighted by molar-refractivity contribution is 7.16. The van der Waals surface area contributed by atoms with Crippen molar-refractivity contribution in [1.82, 2.24) is 4.98 Å². The summed E-state index contributed by atoms with van der Waals surface area (Å²) in [7, 11) is 0. The van der Waals surface area contributed by atoms with Crippen molar-refractivity contribution in [3.8, 4) is 11.8 Å². The van der Waals surface area contributed by atoms with Crippen LogP contribution in [0.3, 0.4) is 0 Å². The SMILES string of the molecule is NCCC#Cc1ccc2scnc2c1. The van der Waals surface area contributed by atoms with Crippen molar-refractivity contribution in [2.75, 3.05) is 6.54 Å². The quantitative estimate of drug-likeness (QED) is 0.718. The van der Waals surface area contributed by atoms with E-state index in [0.717, 1.165) is 17.5 Å². The van der Waals surface area contributed by atoms with Gasteiger partial charge in [0.25, 0.3) is 0 Å². The lowest BCUT2D eigenvalue weighted by molar-refractivity contribution is 1.03. The number of rotatable bonds is 1. The van der Waals surface area contributed by atoms with Crippen LogP contribution in [-0.4, -0.2) is 11.5 Å². The van der Waals surface area contributed by atoms with Crippen LogP contribution in [-0.2, 0) is 0 Å². The normalized spacial score (nSPS) is 9.79. The first-order chi connectivity index (χ1) is 6.90. The van der Waals surface area contributed by atoms with E-state index >= 15 is 0 Å². The largest absolute Gasteiger partial charge is 0.330 e. The summed E-state index contributed by atoms with van der Waals surface area (Å²) in [5.41, 5.74) is 9.24. The summed E-state index contributed by atoms with van der Waals surface area (Å²) in [4.78, 5) is 4.23. The van der Waals surface area contributed by atoms with Crippen molar-refractivity contribution in [3.63, 3.8) is 0 Å². The van der Waals surface area contributed by atoms with Crippen molar-refractivity contribution in [2.24, 2.45) is 5.73 Å². The van der Waals surface area contributed by atoms with E-state index < -0.39 is 0 Å². The minimum atomic E-state index is 0.617. The number of thiazole rings is 1. The molecule has 2 N–H and O–H groups in total. The molecule has 1 heterocycles. The maximum atomic E-state index is 5.35. The molecule has 0 aliphatic rings. The predicted octanol–water partition coefficient (Wildman–Crippen LogP) is 2.00. The molecule has 0 unspecified atom stereocenters. The summed E-state index contributed by atoms with van der Waals surface area (Å²) in [5, 5.41) is 0. The van der Waals surface area contributed by atoms with E-state index in [9.17, 15) is 0 Å². The van der Waals surface area contributed by atoms with Gasteiger partial charge in [-0.25, -0.2) is 4.98 Å². The molecule has 2 rings (SSSR count). The Labute approximate surface area is 86.8 Å². The van der Waals surface area contributed by atoms with Crippen LogP contribution >= 0.6 is 11.3 Å². The fourth-order valence-corrected chi connectivity index (χ4v) is 1.83. The predicted molar refractivity (Wildman–Crippen MR) is 60.2 cm³/mol. The summed E-state index contributed by atoms with van der Waals surface area (Å²) in [5.74, 6) is 6.07. The first kappa shape index (κ1) is 9.20. The third kappa shape index (κ3) is 1.92. The van der Waals surface area contributed by atoms with Crippen molar-refractivity contribution in [3.05, 3.63) is 29.3 Å². The molecule has 0 fully saturated rings. The molecule has 0 aliphatic heterocycles. The summed E-state index contributed by atoms with van der Waals surface area (Å²) in [6.07, 6.45) is 0.745. The Morgan fingerprint density at radius 2 is 2.36 bits per heavy atom. The fraction of sp³-hybridized carbons (Fsp3) is 0.182. The van der Waals surface area contributed by atoms with E-state index in [1.54, 1.807) is 11.3 Å². The van der Waals surface area contributed by atoms with Crippen LogP contribution in [0, 0.1) is 11.8 Å². The molecule has 0 saturated carbocycles. The number of hydrogen-bond acceptors (Lipinski definition) is 3. The van der Waals surface area contributed by atoms with Gasteiger partial charge in [-0.2, -0.15) is 0 Å². The minimum absolute atomic E-state index is 0.617. The zero-order chi connectivity index (χ0) is 9.80. The highest BCUT2D eigenvalue weighted by atomic mass is 32.1. The zero-order valence-electron chi connectivity index (χ0n) is 7.66. The van der Waals surface area contributed by atoms with Gasteiger partial charge in [-0.05, 0) is 18.2 Å². The van der Waals surface area contributed by atoms with E-state index in [-0.39, 0.29) is 0 Å². The fourth-order valence-electron chi connectivity index (χ4n) is 1.17. The second-order valence-electron chi connectivity index (χ2n) is 2.88. The molecule has 0 spiro atoms. The molecule has 0 bridgehead atoms. The lowest BCUT2D eigenvalue weighted by Gasteiger charge is -1.89. The average molecular weight is 202 g/mol. The number of nitrogens with zero attached hydrogens (tertiary/aromatic N) is 1. The highest BCUT2D eigenvalue weighted by Gasteiger charge is 1.95. The van der Waals surface area contributed by atoms with Crippen LogP contribution < -0.4 is 5.73 Å². The zero-order valence-corrected chi connectivity index (χ0v) is 8.47. The Bertz CT molecular complexity index is 490. The molecule has 0 radical (unpaired) electrons. The van der Waals surface area contributed by atoms with Gasteiger partial charge in [-0.15, -0.1) is 11.3 Å². The number of hydrogen-bond donors (Lipinski definition) is 1. The molecule has 2 aromatic rings. The number of nitrogens with two attached hydrogens (primary N) is 1. The second kappa shape index (κ2) is 4.23. The Hall–Kier alpha value is -1.37. The van der Waals surface area contributed by atoms with Crippen LogP contribution in [0.1, 0.15) is 12.0 Å². The van der Waals surface area contributed by atoms with Crippen LogP contribution in [0.4, 0.5) is 0 Å². The summed E-state index contributed by atoms with van der Waals surface area (Å²) in [6.45, 7) is 0.617. The van der Waals surface area contributed by atoms with Gasteiger partial charge in [-0.3, -0.25) is 0 Å². The van der Waals surface area contributed by atoms with Crippen LogP contribution in [0.25, 0.3) is 10.2 Å². The van der Waals surface area contributed by atoms with Crippen LogP contribution in [0.2, 0.25) is 0 Å². The summed E-state index contributed by atoms with van der Waals surface area (Å²) >= 11 is 1.65. The van der Waals surface area contributed by atoms with Gasteiger partial charge in [0.05, 0.1) is 15.7 Å². The van der Waals surface area contributed by atoms with Crippen molar-refractivity contribution >= 4 is 21.6 Å². The third-order valence-electron chi connectivity index (χ3n) is 1.83. The molecule has 0 amide bonds. The van der Waals surface area contributed by atoms with Crippen molar-refractivity contribution in [2.45, 2.75) is 6.42 Å². The smallest absolute Gasteiger partial charge is 0.0824 e. The molecule has 1 aromatic carbocycles. The van der Waals surface area contributed by atoms with Gasteiger partial charge < -0.3 is 5.73 Å². The lowest BCUT2D eigenvalue weighted by atomic mass is 10.2. The Balaban J connectivity index is 2.31. The number of fused-ring (bicyclic) bond motifs is 1. The number of aromatic nitrogens is 1. The van der Waals surface area contributed by atoms with E-state index in [2.05, 4.69) is 22.9 Å². The molecular weight excluding hydrogens is 192 g/mol. The molecule has 2 nitrogen and oxygen atoms in total. The van der Waals surface area contributed by atoms with E-state index in [1.807, 2.05) is 17.6 Å². The standard InChI is InChI=1S/C11H10N2S/c12-6-2-1-3-9-4-5-11-10(7-9)13-8-14-11/h4-5,7-8H,2,6,12H2. The molecule has 0 atom stereocenters. The molecule has 70 valence electrons. The van der Waals surface area contributed by atoms with Gasteiger partial charge in [0, 0.05) is 18.5 Å². The van der Waals surface area contributed by atoms with Gasteiger partial charge in [-0.1, -0.05) is 11.8 Å². The van der Waals surface area contributed by atoms with Gasteiger partial charge in [0.2, 0.25) is 0 Å². The van der Waals surface area contributed by atoms with Crippen molar-refractivity contribution < 1.29 is 0 Å². The van der Waals surface area contributed by atoms with E-state index in [4.69, 9.17) is 5.73 Å². The molecule has 3 heteroatoms. The number of benzene rings is 1. The Kier molecular flexibility index (Phi) is 2.78. The molecule has 14 heavy (non-hydrogen) atoms. The monoisotopic (exact) mass is 202 g/mol. The second-order valence-corrected chi connectivity index (χ2v) is 3.76. The van der Waals surface area contributed by atoms with Gasteiger partial charge in [0.15, 0.2) is 0 Å². The average Bonchev–Trinajstić information content (AvgIpc) is 2.65. The van der Waals surface area contributed by atoms with Gasteiger partial charge >= 0.3 is 0 Å². The summed E-state index contributed by atoms with van der Waals surface area (Å²) in [6, 6.07) is 6.08. The highest BCUT2D eigenvalue weighted by Crippen LogP contribution is 2.18. The topological polar surface area (TPSA) is 38.9 Å². The minimum Gasteiger partial charge on any atom is -0.330 e. The third-order valence-corrected chi connectivity index (χ3v) is 2.64. The first-order valence-electron chi connectivity index (χ1n) is 4.42. The van der Waals surface area contributed by atoms with E-state index in [0.29, 0.717) is 6.54 Å². The first-order valence-corrected chi connectivity index (χ1v) is 5.30. The van der Waals surface area contributed by atoms with E-state index in [1.165, 1.54) is 4.70 Å². The molecule has 0 aliphatic carbocycles. The summed E-state index contributed by atoms with van der Waals surface area (Å²) < 4.78 is 1.20. The lowest BCUT2D eigenvalue weighted by Crippen LogP contribution is -1.95. The molecule has 0 saturated heterocycles. The maximum absolute atomic E-state index is 5.35. The Morgan fingerprint density at radius 3 is 3.21 bits per heavy atom. The molecular formula is C11H10N2S. The maximum Gasteiger partial charge on any atom is 0.0824 e. The van der Waals surface area contributed by atoms with Crippen LogP contribution in [0.5, 0.6) is 0 Å². The van der Waals surface area contributed by atoms with Crippen LogP contribution in [0.15, 0.2) is 23.7 Å². The van der Waals surface area contributed by atoms with Crippen molar-refractivity contribution in [1.29, 1.82) is 0 Å². The molecule has 1 aromatic heterocycles. The van der Waals surface area contributed by atoms with Gasteiger partial charge in [0.1, 0.15) is 0 Å². The Morgan fingerprint density at radius 1 is 1.43 bits per heavy atom.